The normalized spacial score (nSPS) is 20.7. The van der Waals surface area contributed by atoms with Crippen LogP contribution >= 0.6 is 0 Å². The van der Waals surface area contributed by atoms with Crippen molar-refractivity contribution < 1.29 is 218 Å². The van der Waals surface area contributed by atoms with E-state index < -0.39 is 333 Å². The molecule has 586 valence electrons. The van der Waals surface area contributed by atoms with E-state index in [1.54, 1.807) is 0 Å². The minimum absolute atomic E-state index is 0.138. The maximum Gasteiger partial charge on any atom is 0.342 e. The zero-order valence-electron chi connectivity index (χ0n) is 55.0. The molecule has 8 aromatic carbocycles. The molecule has 10 unspecified atom stereocenters. The number of carbonyl (C=O) groups is 8. The van der Waals surface area contributed by atoms with Gasteiger partial charge in [0, 0.05) is 28.3 Å². The summed E-state index contributed by atoms with van der Waals surface area (Å²) in [5.41, 5.74) is -14.4. The van der Waals surface area contributed by atoms with E-state index in [4.69, 9.17) is 52.1 Å². The van der Waals surface area contributed by atoms with E-state index in [1.165, 1.54) is 0 Å². The Morgan fingerprint density at radius 3 is 0.920 bits per heavy atom. The van der Waals surface area contributed by atoms with Gasteiger partial charge in [-0.25, -0.2) is 38.4 Å². The first-order chi connectivity index (χ1) is 52.7. The van der Waals surface area contributed by atoms with E-state index in [0.717, 1.165) is 0 Å². The Morgan fingerprint density at radius 1 is 0.295 bits per heavy atom. The minimum atomic E-state index is -2.89. The fourth-order valence-electron chi connectivity index (χ4n) is 11.9. The molecule has 112 heavy (non-hydrogen) atoms. The van der Waals surface area contributed by atoms with Crippen LogP contribution in [0.1, 0.15) is 82.9 Å². The van der Waals surface area contributed by atoms with Crippen LogP contribution in [0.4, 0.5) is 0 Å². The first-order valence-corrected chi connectivity index (χ1v) is 31.1. The highest BCUT2D eigenvalue weighted by Gasteiger charge is 2.56. The molecule has 2 fully saturated rings. The van der Waals surface area contributed by atoms with Crippen LogP contribution < -0.4 is 4.74 Å². The third-order valence-electron chi connectivity index (χ3n) is 17.4. The Labute approximate surface area is 616 Å². The van der Waals surface area contributed by atoms with Crippen molar-refractivity contribution in [3.05, 3.63) is 111 Å². The lowest BCUT2D eigenvalue weighted by Gasteiger charge is -2.42. The summed E-state index contributed by atoms with van der Waals surface area (Å²) < 4.78 is 60.9. The summed E-state index contributed by atoms with van der Waals surface area (Å²) in [6, 6.07) is 4.16. The van der Waals surface area contributed by atoms with Gasteiger partial charge in [0.1, 0.15) is 31.0 Å². The number of ether oxygens (including phenoxy) is 11. The molecule has 0 bridgehead atoms. The lowest BCUT2D eigenvalue weighted by molar-refractivity contribution is -0.284. The average Bonchev–Trinajstić information content (AvgIpc) is 1.10. The predicted octanol–water partition coefficient (Wildman–Crippen LogP) is 1.77. The summed E-state index contributed by atoms with van der Waals surface area (Å²) in [5.74, 6) is -51.1. The number of cyclic esters (lactones) is 2. The second-order valence-electron chi connectivity index (χ2n) is 24.3. The topological polar surface area (TPSA) is 744 Å². The number of aliphatic hydroxyl groups is 2. The molecule has 44 heteroatoms. The molecule has 44 nitrogen and oxygen atoms in total. The number of carbonyl (C=O) groups excluding carboxylic acids is 8. The molecule has 0 spiro atoms. The Hall–Kier alpha value is -15.4. The van der Waals surface area contributed by atoms with Gasteiger partial charge < -0.3 is 180 Å². The van der Waals surface area contributed by atoms with Crippen molar-refractivity contribution in [3.8, 4) is 166 Å². The Morgan fingerprint density at radius 2 is 0.571 bits per heavy atom. The first-order valence-electron chi connectivity index (χ1n) is 31.1. The van der Waals surface area contributed by atoms with Gasteiger partial charge in [0.25, 0.3) is 0 Å². The molecule has 0 amide bonds. The third kappa shape index (κ3) is 13.2. The Bertz CT molecular complexity index is 5320. The third-order valence-corrected chi connectivity index (χ3v) is 17.4. The number of aromatic hydroxyl groups is 23. The molecule has 0 aliphatic carbocycles. The van der Waals surface area contributed by atoms with E-state index in [1.807, 2.05) is 0 Å². The Balaban J connectivity index is 0.950. The van der Waals surface area contributed by atoms with Gasteiger partial charge in [-0.3, -0.25) is 0 Å². The highest BCUT2D eigenvalue weighted by molar-refractivity contribution is 6.10. The highest BCUT2D eigenvalue weighted by Crippen LogP contribution is 2.58. The van der Waals surface area contributed by atoms with Gasteiger partial charge in [-0.2, -0.15) is 0 Å². The van der Waals surface area contributed by atoms with Crippen LogP contribution in [0.2, 0.25) is 0 Å². The highest BCUT2D eigenvalue weighted by atomic mass is 16.7. The van der Waals surface area contributed by atoms with Crippen LogP contribution in [-0.2, 0) is 47.4 Å². The monoisotopic (exact) mass is 1570 g/mol. The lowest BCUT2D eigenvalue weighted by Crippen LogP contribution is -2.62. The molecule has 0 aromatic heterocycles. The zero-order valence-corrected chi connectivity index (χ0v) is 55.0. The number of hydrogen-bond acceptors (Lipinski definition) is 44. The van der Waals surface area contributed by atoms with Crippen LogP contribution in [0.15, 0.2) is 66.7 Å². The fourth-order valence-corrected chi connectivity index (χ4v) is 11.9. The molecule has 0 radical (unpaired) electrons. The molecule has 0 saturated carbocycles. The summed E-state index contributed by atoms with van der Waals surface area (Å²) in [7, 11) is 0. The second-order valence-corrected chi connectivity index (χ2v) is 24.3. The van der Waals surface area contributed by atoms with Gasteiger partial charge in [-0.1, -0.05) is 0 Å². The lowest BCUT2D eigenvalue weighted by atomic mass is 9.91. The molecule has 4 aliphatic heterocycles. The smallest absolute Gasteiger partial charge is 0.342 e. The molecule has 2 saturated heterocycles. The van der Waals surface area contributed by atoms with Crippen molar-refractivity contribution in [2.75, 3.05) is 13.2 Å². The van der Waals surface area contributed by atoms with Crippen molar-refractivity contribution in [2.24, 2.45) is 0 Å². The van der Waals surface area contributed by atoms with E-state index in [0.29, 0.717) is 48.5 Å². The largest absolute Gasteiger partial charge is 0.504 e. The van der Waals surface area contributed by atoms with E-state index in [9.17, 15) is 161 Å². The van der Waals surface area contributed by atoms with Crippen molar-refractivity contribution in [1.29, 1.82) is 0 Å². The van der Waals surface area contributed by atoms with Gasteiger partial charge in [-0.15, -0.1) is 0 Å². The summed E-state index contributed by atoms with van der Waals surface area (Å²) in [4.78, 5) is 115. The van der Waals surface area contributed by atoms with Crippen LogP contribution in [-0.4, -0.2) is 250 Å². The molecule has 25 N–H and O–H groups in total. The quantitative estimate of drug-likeness (QED) is 0.0527. The second kappa shape index (κ2) is 28.4. The average molecular weight is 1570 g/mol. The van der Waals surface area contributed by atoms with E-state index >= 15 is 4.79 Å². The SMILES string of the molecule is O=C(OC1C(O)OC2COC(=O)c3cc(O)c(Oc4c(C(=O)OC5C(O)OC6COC(=O)c7cc(O)c(O)c(O)c7-c7c(cc(O)c(O)c7O)C(=O)OC6C5OC(=O)c5cc(O)c(O)c(O)c5)cc(O)c(O)c4O)c(O)c3-c3c(cc(O)c(O)c3O)C(=O)OC2C1OC(=O)c1cc(O)c(O)c(O)c1)c1cc(O)c(O)c(O)c1. The number of esters is 8. The van der Waals surface area contributed by atoms with Crippen molar-refractivity contribution in [2.45, 2.75) is 61.4 Å². The molecular weight excluding hydrogens is 1520 g/mol. The predicted molar refractivity (Wildman–Crippen MR) is 345 cm³/mol. The molecular formula is C68H50O44. The molecule has 10 atom stereocenters. The maximum absolute atomic E-state index is 15.0. The Kier molecular flexibility index (Phi) is 19.3. The van der Waals surface area contributed by atoms with Crippen LogP contribution in [0.3, 0.4) is 0 Å². The summed E-state index contributed by atoms with van der Waals surface area (Å²) in [5, 5.41) is 272. The number of benzene rings is 8. The standard InChI is InChI=1S/C68H50O44/c69-22-1-14(2-23(70)39(22)80)59(92)109-55-53-33(104-67(100)57(55)111-61(94)16-5-26(73)41(82)27(74)6-16)13-103-63(96)18-10-32(79)52(49(90)38(18)37-20(65(98)107-53)9-30(77)44(85)48(37)89)106-51-21(11-31(78)45(86)50(51)91)66(99)112-58-56(110-60(93)15-3-24(71)40(81)25(72)4-15)54-34(105-68(58)101)12-102-62(95)17-7-28(75)42(83)46(87)35(17)36-19(64(97)108-54)8-29(76)43(84)47(36)88/h1-11,33-34,53-58,67-91,100-101H,12-13H2. The van der Waals surface area contributed by atoms with Gasteiger partial charge in [0.05, 0.1) is 38.9 Å². The molecule has 12 rings (SSSR count). The minimum Gasteiger partial charge on any atom is -0.504 e. The van der Waals surface area contributed by atoms with Gasteiger partial charge >= 0.3 is 47.8 Å². The zero-order chi connectivity index (χ0) is 81.7. The number of aliphatic hydroxyl groups excluding tert-OH is 2. The number of rotatable bonds is 10. The van der Waals surface area contributed by atoms with Gasteiger partial charge in [0.15, 0.2) is 158 Å². The molecule has 4 heterocycles. The fraction of sp³-hybridized carbons (Fsp3) is 0.176. The first kappa shape index (κ1) is 76.2. The van der Waals surface area contributed by atoms with Crippen molar-refractivity contribution in [1.82, 2.24) is 0 Å². The summed E-state index contributed by atoms with van der Waals surface area (Å²) in [6.07, 6.45) is -26.1. The number of hydrogen-bond donors (Lipinski definition) is 25. The van der Waals surface area contributed by atoms with Crippen molar-refractivity contribution >= 4 is 47.8 Å². The van der Waals surface area contributed by atoms with Crippen LogP contribution in [0.25, 0.3) is 22.3 Å². The molecule has 8 aromatic rings. The summed E-state index contributed by atoms with van der Waals surface area (Å²) >= 11 is 0. The van der Waals surface area contributed by atoms with Crippen molar-refractivity contribution in [3.63, 3.8) is 0 Å². The van der Waals surface area contributed by atoms with Crippen LogP contribution in [0, 0.1) is 0 Å². The maximum atomic E-state index is 15.0. The molecule has 4 aliphatic rings. The van der Waals surface area contributed by atoms with E-state index in [-0.39, 0.29) is 18.2 Å². The number of fused-ring (bicyclic) bond motifs is 8. The summed E-state index contributed by atoms with van der Waals surface area (Å²) in [6.45, 7) is -2.79. The van der Waals surface area contributed by atoms with E-state index in [2.05, 4.69) is 0 Å². The van der Waals surface area contributed by atoms with Gasteiger partial charge in [-0.05, 0) is 60.7 Å². The number of phenols is 23. The van der Waals surface area contributed by atoms with Crippen LogP contribution in [0.5, 0.6) is 144 Å². The number of phenolic OH excluding ortho intramolecular Hbond substituents is 23. The van der Waals surface area contributed by atoms with Gasteiger partial charge in [0.2, 0.25) is 34.5 Å².